The SMILES string of the molecule is CCOC(=O)c1c(-c2cc(OC)ccc2OC)noc1C. The van der Waals surface area contributed by atoms with Crippen LogP contribution >= 0.6 is 0 Å². The summed E-state index contributed by atoms with van der Waals surface area (Å²) < 4.78 is 20.7. The van der Waals surface area contributed by atoms with Gasteiger partial charge in [0.25, 0.3) is 0 Å². The summed E-state index contributed by atoms with van der Waals surface area (Å²) in [6.07, 6.45) is 0. The quantitative estimate of drug-likeness (QED) is 0.789. The number of esters is 1. The first kappa shape index (κ1) is 14.9. The van der Waals surface area contributed by atoms with Crippen molar-refractivity contribution >= 4 is 5.97 Å². The monoisotopic (exact) mass is 291 g/mol. The molecule has 0 unspecified atom stereocenters. The number of rotatable bonds is 5. The molecule has 6 heteroatoms. The molecule has 0 aliphatic heterocycles. The maximum atomic E-state index is 12.1. The third kappa shape index (κ3) is 2.84. The zero-order valence-corrected chi connectivity index (χ0v) is 12.4. The van der Waals surface area contributed by atoms with Gasteiger partial charge in [-0.2, -0.15) is 0 Å². The van der Waals surface area contributed by atoms with Crippen LogP contribution in [0.2, 0.25) is 0 Å². The molecule has 0 amide bonds. The van der Waals surface area contributed by atoms with E-state index in [0.29, 0.717) is 34.1 Å². The lowest BCUT2D eigenvalue weighted by molar-refractivity contribution is 0.0525. The fraction of sp³-hybridized carbons (Fsp3) is 0.333. The lowest BCUT2D eigenvalue weighted by Gasteiger charge is -2.09. The van der Waals surface area contributed by atoms with Gasteiger partial charge < -0.3 is 18.7 Å². The summed E-state index contributed by atoms with van der Waals surface area (Å²) in [7, 11) is 3.11. The Kier molecular flexibility index (Phi) is 4.47. The van der Waals surface area contributed by atoms with Gasteiger partial charge in [-0.15, -0.1) is 0 Å². The molecule has 0 aliphatic carbocycles. The molecule has 1 aromatic carbocycles. The molecular weight excluding hydrogens is 274 g/mol. The first-order valence-electron chi connectivity index (χ1n) is 6.48. The molecule has 0 spiro atoms. The molecule has 0 saturated carbocycles. The van der Waals surface area contributed by atoms with Crippen LogP contribution in [-0.4, -0.2) is 32.0 Å². The lowest BCUT2D eigenvalue weighted by Crippen LogP contribution is -2.07. The van der Waals surface area contributed by atoms with E-state index in [0.717, 1.165) is 0 Å². The third-order valence-electron chi connectivity index (χ3n) is 3.00. The zero-order valence-electron chi connectivity index (χ0n) is 12.4. The van der Waals surface area contributed by atoms with Gasteiger partial charge >= 0.3 is 5.97 Å². The Morgan fingerprint density at radius 3 is 2.67 bits per heavy atom. The number of methoxy groups -OCH3 is 2. The Balaban J connectivity index is 2.59. The highest BCUT2D eigenvalue weighted by Crippen LogP contribution is 2.35. The zero-order chi connectivity index (χ0) is 15.4. The van der Waals surface area contributed by atoms with Crippen LogP contribution in [0.4, 0.5) is 0 Å². The number of aromatic nitrogens is 1. The molecule has 0 saturated heterocycles. The molecule has 0 N–H and O–H groups in total. The van der Waals surface area contributed by atoms with E-state index in [-0.39, 0.29) is 6.61 Å². The Bertz CT molecular complexity index is 648. The Labute approximate surface area is 122 Å². The minimum Gasteiger partial charge on any atom is -0.497 e. The number of hydrogen-bond donors (Lipinski definition) is 0. The van der Waals surface area contributed by atoms with Crippen LogP contribution in [-0.2, 0) is 4.74 Å². The highest BCUT2D eigenvalue weighted by molar-refractivity contribution is 5.98. The molecule has 2 rings (SSSR count). The van der Waals surface area contributed by atoms with Crippen molar-refractivity contribution in [3.8, 4) is 22.8 Å². The predicted octanol–water partition coefficient (Wildman–Crippen LogP) is 2.84. The Morgan fingerprint density at radius 2 is 2.05 bits per heavy atom. The summed E-state index contributed by atoms with van der Waals surface area (Å²) in [5.74, 6) is 1.11. The van der Waals surface area contributed by atoms with Crippen LogP contribution in [0.15, 0.2) is 22.7 Å². The topological polar surface area (TPSA) is 70.8 Å². The van der Waals surface area contributed by atoms with Gasteiger partial charge in [0.05, 0.1) is 26.4 Å². The van der Waals surface area contributed by atoms with E-state index in [2.05, 4.69) is 5.16 Å². The number of hydrogen-bond acceptors (Lipinski definition) is 6. The van der Waals surface area contributed by atoms with E-state index in [1.165, 1.54) is 0 Å². The van der Waals surface area contributed by atoms with Gasteiger partial charge in [0.15, 0.2) is 0 Å². The van der Waals surface area contributed by atoms with E-state index in [4.69, 9.17) is 18.7 Å². The van der Waals surface area contributed by atoms with E-state index in [1.54, 1.807) is 46.3 Å². The first-order valence-corrected chi connectivity index (χ1v) is 6.48. The third-order valence-corrected chi connectivity index (χ3v) is 3.00. The second-order valence-corrected chi connectivity index (χ2v) is 4.25. The van der Waals surface area contributed by atoms with Crippen LogP contribution in [0.3, 0.4) is 0 Å². The van der Waals surface area contributed by atoms with E-state index < -0.39 is 5.97 Å². The molecule has 0 atom stereocenters. The van der Waals surface area contributed by atoms with Gasteiger partial charge in [-0.25, -0.2) is 4.79 Å². The number of carbonyl (C=O) groups excluding carboxylic acids is 1. The van der Waals surface area contributed by atoms with Gasteiger partial charge in [-0.1, -0.05) is 5.16 Å². The highest BCUT2D eigenvalue weighted by Gasteiger charge is 2.25. The lowest BCUT2D eigenvalue weighted by atomic mass is 10.0. The second kappa shape index (κ2) is 6.30. The van der Waals surface area contributed by atoms with E-state index >= 15 is 0 Å². The summed E-state index contributed by atoms with van der Waals surface area (Å²) in [5.41, 5.74) is 1.28. The summed E-state index contributed by atoms with van der Waals surface area (Å²) >= 11 is 0. The van der Waals surface area contributed by atoms with Gasteiger partial charge in [-0.05, 0) is 32.0 Å². The Hall–Kier alpha value is -2.50. The van der Waals surface area contributed by atoms with Crippen LogP contribution in [0.5, 0.6) is 11.5 Å². The van der Waals surface area contributed by atoms with Crippen LogP contribution < -0.4 is 9.47 Å². The van der Waals surface area contributed by atoms with Crippen LogP contribution in [0.25, 0.3) is 11.3 Å². The van der Waals surface area contributed by atoms with Crippen molar-refractivity contribution in [1.82, 2.24) is 5.16 Å². The molecule has 112 valence electrons. The maximum Gasteiger partial charge on any atom is 0.344 e. The Morgan fingerprint density at radius 1 is 1.29 bits per heavy atom. The molecule has 6 nitrogen and oxygen atoms in total. The largest absolute Gasteiger partial charge is 0.497 e. The fourth-order valence-corrected chi connectivity index (χ4v) is 2.00. The van der Waals surface area contributed by atoms with Gasteiger partial charge in [0, 0.05) is 0 Å². The molecule has 0 radical (unpaired) electrons. The molecule has 0 bridgehead atoms. The normalized spacial score (nSPS) is 10.3. The molecular formula is C15H17NO5. The molecule has 1 aromatic heterocycles. The minimum absolute atomic E-state index is 0.276. The van der Waals surface area contributed by atoms with Gasteiger partial charge in [-0.3, -0.25) is 0 Å². The summed E-state index contributed by atoms with van der Waals surface area (Å²) in [5, 5.41) is 3.96. The number of aryl methyl sites for hydroxylation is 1. The molecule has 2 aromatic rings. The van der Waals surface area contributed by atoms with Crippen molar-refractivity contribution < 1.29 is 23.5 Å². The number of ether oxygens (including phenoxy) is 3. The number of carbonyl (C=O) groups is 1. The molecule has 21 heavy (non-hydrogen) atoms. The molecule has 0 fully saturated rings. The van der Waals surface area contributed by atoms with Crippen molar-refractivity contribution in [3.63, 3.8) is 0 Å². The average molecular weight is 291 g/mol. The molecule has 1 heterocycles. The minimum atomic E-state index is -0.476. The number of benzene rings is 1. The van der Waals surface area contributed by atoms with Crippen LogP contribution in [0, 0.1) is 6.92 Å². The fourth-order valence-electron chi connectivity index (χ4n) is 2.00. The number of nitrogens with zero attached hydrogens (tertiary/aromatic N) is 1. The van der Waals surface area contributed by atoms with Crippen molar-refractivity contribution in [1.29, 1.82) is 0 Å². The summed E-state index contributed by atoms with van der Waals surface area (Å²) in [6.45, 7) is 3.68. The predicted molar refractivity (Wildman–Crippen MR) is 75.7 cm³/mol. The highest BCUT2D eigenvalue weighted by atomic mass is 16.5. The van der Waals surface area contributed by atoms with E-state index in [1.807, 2.05) is 0 Å². The molecule has 0 aliphatic rings. The van der Waals surface area contributed by atoms with Crippen molar-refractivity contribution in [2.24, 2.45) is 0 Å². The van der Waals surface area contributed by atoms with Gasteiger partial charge in [0.1, 0.15) is 28.5 Å². The first-order chi connectivity index (χ1) is 10.1. The van der Waals surface area contributed by atoms with Crippen molar-refractivity contribution in [2.45, 2.75) is 13.8 Å². The van der Waals surface area contributed by atoms with Crippen molar-refractivity contribution in [3.05, 3.63) is 29.5 Å². The van der Waals surface area contributed by atoms with Crippen LogP contribution in [0.1, 0.15) is 23.0 Å². The average Bonchev–Trinajstić information content (AvgIpc) is 2.88. The van der Waals surface area contributed by atoms with E-state index in [9.17, 15) is 4.79 Å². The summed E-state index contributed by atoms with van der Waals surface area (Å²) in [6, 6.07) is 5.24. The second-order valence-electron chi connectivity index (χ2n) is 4.25. The van der Waals surface area contributed by atoms with Crippen molar-refractivity contribution in [2.75, 3.05) is 20.8 Å². The standard InChI is InChI=1S/C15H17NO5/c1-5-20-15(17)13-9(2)21-16-14(13)11-8-10(18-3)6-7-12(11)19-4/h6-8H,5H2,1-4H3. The smallest absolute Gasteiger partial charge is 0.344 e. The maximum absolute atomic E-state index is 12.1. The summed E-state index contributed by atoms with van der Waals surface area (Å²) in [4.78, 5) is 12.1. The van der Waals surface area contributed by atoms with Gasteiger partial charge in [0.2, 0.25) is 0 Å².